The summed E-state index contributed by atoms with van der Waals surface area (Å²) in [5.74, 6) is 1.17. The van der Waals surface area contributed by atoms with Crippen molar-refractivity contribution in [2.24, 2.45) is 5.92 Å². The quantitative estimate of drug-likeness (QED) is 0.773. The molecule has 1 saturated heterocycles. The number of nitrogens with one attached hydrogen (secondary N) is 2. The van der Waals surface area contributed by atoms with Crippen LogP contribution >= 0.6 is 0 Å². The van der Waals surface area contributed by atoms with Crippen LogP contribution in [0.25, 0.3) is 0 Å². The van der Waals surface area contributed by atoms with Crippen molar-refractivity contribution in [1.29, 1.82) is 0 Å². The van der Waals surface area contributed by atoms with Crippen molar-refractivity contribution in [2.75, 3.05) is 25.1 Å². The number of anilines is 1. The third-order valence-electron chi connectivity index (χ3n) is 2.69. The van der Waals surface area contributed by atoms with E-state index in [1.54, 1.807) is 0 Å². The number of hydrogen-bond donors (Lipinski definition) is 2. The first-order valence-corrected chi connectivity index (χ1v) is 6.11. The number of rotatable bonds is 6. The molecule has 2 N–H and O–H groups in total. The standard InChI is InChI=1S/C11H20N4O2/c1-8(2)12-6-10-14-15-11(17-10)13-5-9-3-4-16-7-9/h8-9,12H,3-7H2,1-2H3,(H,13,15). The van der Waals surface area contributed by atoms with Crippen LogP contribution in [0.15, 0.2) is 4.42 Å². The van der Waals surface area contributed by atoms with Gasteiger partial charge in [-0.2, -0.15) is 0 Å². The van der Waals surface area contributed by atoms with Crippen LogP contribution in [0.3, 0.4) is 0 Å². The van der Waals surface area contributed by atoms with E-state index in [9.17, 15) is 0 Å². The second-order valence-corrected chi connectivity index (χ2v) is 4.65. The van der Waals surface area contributed by atoms with Crippen molar-refractivity contribution >= 4 is 6.01 Å². The first-order chi connectivity index (χ1) is 8.24. The molecule has 1 aromatic rings. The van der Waals surface area contributed by atoms with E-state index in [1.165, 1.54) is 0 Å². The molecule has 0 spiro atoms. The minimum atomic E-state index is 0.411. The highest BCUT2D eigenvalue weighted by molar-refractivity contribution is 5.16. The highest BCUT2D eigenvalue weighted by Gasteiger charge is 2.16. The van der Waals surface area contributed by atoms with Crippen molar-refractivity contribution in [3.63, 3.8) is 0 Å². The lowest BCUT2D eigenvalue weighted by molar-refractivity contribution is 0.187. The van der Waals surface area contributed by atoms with E-state index < -0.39 is 0 Å². The Morgan fingerprint density at radius 3 is 3.00 bits per heavy atom. The zero-order chi connectivity index (χ0) is 12.1. The molecule has 2 rings (SSSR count). The first kappa shape index (κ1) is 12.3. The Morgan fingerprint density at radius 2 is 2.29 bits per heavy atom. The Morgan fingerprint density at radius 1 is 1.41 bits per heavy atom. The van der Waals surface area contributed by atoms with Gasteiger partial charge in [-0.1, -0.05) is 18.9 Å². The summed E-state index contributed by atoms with van der Waals surface area (Å²) >= 11 is 0. The molecule has 1 fully saturated rings. The zero-order valence-corrected chi connectivity index (χ0v) is 10.4. The Hall–Kier alpha value is -1.14. The maximum Gasteiger partial charge on any atom is 0.315 e. The molecule has 0 aromatic carbocycles. The Balaban J connectivity index is 1.73. The number of nitrogens with zero attached hydrogens (tertiary/aromatic N) is 2. The smallest absolute Gasteiger partial charge is 0.315 e. The molecule has 0 radical (unpaired) electrons. The molecule has 1 aliphatic heterocycles. The number of hydrogen-bond acceptors (Lipinski definition) is 6. The maximum atomic E-state index is 5.46. The molecule has 96 valence electrons. The number of ether oxygens (including phenoxy) is 1. The second kappa shape index (κ2) is 5.97. The van der Waals surface area contributed by atoms with E-state index >= 15 is 0 Å². The van der Waals surface area contributed by atoms with Gasteiger partial charge in [0.15, 0.2) is 0 Å². The molecule has 0 aliphatic carbocycles. The molecule has 0 amide bonds. The van der Waals surface area contributed by atoms with Crippen molar-refractivity contribution < 1.29 is 9.15 Å². The van der Waals surface area contributed by atoms with E-state index in [1.807, 2.05) is 0 Å². The fourth-order valence-corrected chi connectivity index (χ4v) is 1.66. The molecule has 1 atom stereocenters. The monoisotopic (exact) mass is 240 g/mol. The van der Waals surface area contributed by atoms with Gasteiger partial charge in [-0.05, 0) is 6.42 Å². The van der Waals surface area contributed by atoms with Crippen molar-refractivity contribution in [3.8, 4) is 0 Å². The van der Waals surface area contributed by atoms with Crippen LogP contribution < -0.4 is 10.6 Å². The van der Waals surface area contributed by atoms with E-state index in [0.29, 0.717) is 30.4 Å². The van der Waals surface area contributed by atoms with Crippen LogP contribution in [0.1, 0.15) is 26.2 Å². The lowest BCUT2D eigenvalue weighted by atomic mass is 10.1. The van der Waals surface area contributed by atoms with Gasteiger partial charge < -0.3 is 19.8 Å². The molecular formula is C11H20N4O2. The minimum absolute atomic E-state index is 0.411. The van der Waals surface area contributed by atoms with Gasteiger partial charge in [-0.3, -0.25) is 0 Å². The molecular weight excluding hydrogens is 220 g/mol. The van der Waals surface area contributed by atoms with Gasteiger partial charge in [0.25, 0.3) is 0 Å². The van der Waals surface area contributed by atoms with Crippen LogP contribution in [-0.2, 0) is 11.3 Å². The fourth-order valence-electron chi connectivity index (χ4n) is 1.66. The van der Waals surface area contributed by atoms with Gasteiger partial charge in [0.05, 0.1) is 13.2 Å². The Bertz CT molecular complexity index is 334. The van der Waals surface area contributed by atoms with Gasteiger partial charge in [0.2, 0.25) is 5.89 Å². The van der Waals surface area contributed by atoms with Crippen LogP contribution in [0, 0.1) is 5.92 Å². The van der Waals surface area contributed by atoms with E-state index in [4.69, 9.17) is 9.15 Å². The van der Waals surface area contributed by atoms with Crippen LogP contribution in [0.5, 0.6) is 0 Å². The minimum Gasteiger partial charge on any atom is -0.407 e. The molecule has 1 aliphatic rings. The molecule has 6 nitrogen and oxygen atoms in total. The average molecular weight is 240 g/mol. The summed E-state index contributed by atoms with van der Waals surface area (Å²) in [6, 6.07) is 0.909. The topological polar surface area (TPSA) is 72.2 Å². The second-order valence-electron chi connectivity index (χ2n) is 4.65. The summed E-state index contributed by atoms with van der Waals surface area (Å²) in [6.07, 6.45) is 1.10. The molecule has 17 heavy (non-hydrogen) atoms. The molecule has 6 heteroatoms. The van der Waals surface area contributed by atoms with Gasteiger partial charge >= 0.3 is 6.01 Å². The normalized spacial score (nSPS) is 20.1. The van der Waals surface area contributed by atoms with Gasteiger partial charge in [0, 0.05) is 25.1 Å². The summed E-state index contributed by atoms with van der Waals surface area (Å²) < 4.78 is 10.8. The van der Waals surface area contributed by atoms with Gasteiger partial charge in [-0.25, -0.2) is 0 Å². The van der Waals surface area contributed by atoms with E-state index in [0.717, 1.165) is 26.2 Å². The van der Waals surface area contributed by atoms with Gasteiger partial charge in [0.1, 0.15) is 0 Å². The van der Waals surface area contributed by atoms with Crippen LogP contribution in [0.4, 0.5) is 6.01 Å². The first-order valence-electron chi connectivity index (χ1n) is 6.11. The van der Waals surface area contributed by atoms with Crippen LogP contribution in [0.2, 0.25) is 0 Å². The molecule has 0 bridgehead atoms. The highest BCUT2D eigenvalue weighted by Crippen LogP contribution is 2.13. The molecule has 1 aromatic heterocycles. The fraction of sp³-hybridized carbons (Fsp3) is 0.818. The number of aromatic nitrogens is 2. The lowest BCUT2D eigenvalue weighted by Gasteiger charge is -2.06. The predicted molar refractivity (Wildman–Crippen MR) is 63.7 cm³/mol. The predicted octanol–water partition coefficient (Wildman–Crippen LogP) is 1.02. The lowest BCUT2D eigenvalue weighted by Crippen LogP contribution is -2.21. The van der Waals surface area contributed by atoms with E-state index in [-0.39, 0.29) is 0 Å². The zero-order valence-electron chi connectivity index (χ0n) is 10.4. The Labute approximate surface area is 101 Å². The summed E-state index contributed by atoms with van der Waals surface area (Å²) in [5.41, 5.74) is 0. The largest absolute Gasteiger partial charge is 0.407 e. The van der Waals surface area contributed by atoms with Crippen molar-refractivity contribution in [3.05, 3.63) is 5.89 Å². The van der Waals surface area contributed by atoms with Gasteiger partial charge in [-0.15, -0.1) is 5.10 Å². The van der Waals surface area contributed by atoms with E-state index in [2.05, 4.69) is 34.7 Å². The molecule has 0 saturated carbocycles. The maximum absolute atomic E-state index is 5.46. The Kier molecular flexibility index (Phi) is 4.33. The third kappa shape index (κ3) is 3.98. The summed E-state index contributed by atoms with van der Waals surface area (Å²) in [6.45, 7) is 7.28. The molecule has 1 unspecified atom stereocenters. The SMILES string of the molecule is CC(C)NCc1nnc(NCC2CCOC2)o1. The summed E-state index contributed by atoms with van der Waals surface area (Å²) in [5, 5.41) is 14.3. The highest BCUT2D eigenvalue weighted by atomic mass is 16.5. The average Bonchev–Trinajstić information content (AvgIpc) is 2.95. The molecule has 2 heterocycles. The summed E-state index contributed by atoms with van der Waals surface area (Å²) in [7, 11) is 0. The van der Waals surface area contributed by atoms with Crippen molar-refractivity contribution in [1.82, 2.24) is 15.5 Å². The van der Waals surface area contributed by atoms with Crippen LogP contribution in [-0.4, -0.2) is 36.0 Å². The van der Waals surface area contributed by atoms with Crippen molar-refractivity contribution in [2.45, 2.75) is 32.9 Å². The summed E-state index contributed by atoms with van der Waals surface area (Å²) in [4.78, 5) is 0. The third-order valence-corrected chi connectivity index (χ3v) is 2.69.